The van der Waals surface area contributed by atoms with Gasteiger partial charge in [0.2, 0.25) is 15.7 Å². The molecule has 0 aliphatic carbocycles. The predicted octanol–water partition coefficient (Wildman–Crippen LogP) is 1.95. The molecule has 1 aromatic carbocycles. The minimum atomic E-state index is -4.05. The molecular formula is C19H23N5O8S. The van der Waals surface area contributed by atoms with Crippen LogP contribution in [0, 0.1) is 10.1 Å². The average molecular weight is 481 g/mol. The number of rotatable bonds is 10. The van der Waals surface area contributed by atoms with E-state index in [0.29, 0.717) is 13.1 Å². The molecule has 0 radical (unpaired) electrons. The van der Waals surface area contributed by atoms with E-state index in [9.17, 15) is 28.1 Å². The van der Waals surface area contributed by atoms with Crippen LogP contribution in [0.2, 0.25) is 0 Å². The Morgan fingerprint density at radius 2 is 1.91 bits per heavy atom. The molecule has 0 fully saturated rings. The Hall–Kier alpha value is -3.81. The lowest BCUT2D eigenvalue weighted by Crippen LogP contribution is -2.30. The maximum Gasteiger partial charge on any atom is 0.373 e. The summed E-state index contributed by atoms with van der Waals surface area (Å²) in [7, 11) is -4.05. The second-order valence-electron chi connectivity index (χ2n) is 6.85. The van der Waals surface area contributed by atoms with E-state index < -0.39 is 49.3 Å². The van der Waals surface area contributed by atoms with Gasteiger partial charge in [0.15, 0.2) is 0 Å². The fraction of sp³-hybridized carbons (Fsp3) is 0.368. The highest BCUT2D eigenvalue weighted by Crippen LogP contribution is 2.36. The maximum absolute atomic E-state index is 12.6. The van der Waals surface area contributed by atoms with Gasteiger partial charge in [-0.25, -0.2) is 8.42 Å². The Morgan fingerprint density at radius 3 is 2.42 bits per heavy atom. The van der Waals surface area contributed by atoms with E-state index in [1.807, 2.05) is 13.8 Å². The fourth-order valence-corrected chi connectivity index (χ4v) is 3.19. The lowest BCUT2D eigenvalue weighted by Gasteiger charge is -2.19. The minimum absolute atomic E-state index is 0.0218. The monoisotopic (exact) mass is 481 g/mol. The molecule has 0 spiro atoms. The molecule has 33 heavy (non-hydrogen) atoms. The molecule has 2 N–H and O–H groups in total. The number of aliphatic carboxylic acids is 1. The molecule has 1 unspecified atom stereocenters. The van der Waals surface area contributed by atoms with Crippen LogP contribution >= 0.6 is 0 Å². The third-order valence-electron chi connectivity index (χ3n) is 4.42. The molecule has 0 bridgehead atoms. The van der Waals surface area contributed by atoms with Gasteiger partial charge < -0.3 is 20.1 Å². The van der Waals surface area contributed by atoms with Crippen molar-refractivity contribution in [3.8, 4) is 11.6 Å². The number of sulfone groups is 1. The molecule has 1 heterocycles. The number of nitro groups is 1. The zero-order valence-corrected chi connectivity index (χ0v) is 19.1. The molecule has 178 valence electrons. The summed E-state index contributed by atoms with van der Waals surface area (Å²) < 4.78 is 29.6. The van der Waals surface area contributed by atoms with Crippen molar-refractivity contribution in [3.63, 3.8) is 0 Å². The largest absolute Gasteiger partial charge is 0.480 e. The van der Waals surface area contributed by atoms with E-state index in [0.717, 1.165) is 6.26 Å². The van der Waals surface area contributed by atoms with Gasteiger partial charge in [-0.05, 0) is 39.0 Å². The Morgan fingerprint density at radius 1 is 1.27 bits per heavy atom. The quantitative estimate of drug-likeness (QED) is 0.287. The molecule has 0 aliphatic heterocycles. The molecular weight excluding hydrogens is 458 g/mol. The Balaban J connectivity index is 2.62. The first-order chi connectivity index (χ1) is 15.4. The van der Waals surface area contributed by atoms with E-state index in [4.69, 9.17) is 9.84 Å². The maximum atomic E-state index is 12.6. The number of nitrogens with zero attached hydrogens (tertiary/aromatic N) is 4. The summed E-state index contributed by atoms with van der Waals surface area (Å²) in [6, 6.07) is 4.42. The number of hydrogen-bond acceptors (Lipinski definition) is 10. The van der Waals surface area contributed by atoms with Crippen LogP contribution in [0.4, 0.5) is 11.5 Å². The Bertz CT molecular complexity index is 1180. The van der Waals surface area contributed by atoms with E-state index in [-0.39, 0.29) is 17.2 Å². The van der Waals surface area contributed by atoms with Gasteiger partial charge in [0.1, 0.15) is 11.8 Å². The van der Waals surface area contributed by atoms with Gasteiger partial charge in [-0.3, -0.25) is 19.7 Å². The number of carboxylic acid groups (broad SMARTS) is 1. The van der Waals surface area contributed by atoms with Crippen molar-refractivity contribution in [2.24, 2.45) is 0 Å². The number of aromatic nitrogens is 2. The number of carbonyl (C=O) groups excluding carboxylic acids is 1. The van der Waals surface area contributed by atoms with Crippen LogP contribution in [0.3, 0.4) is 0 Å². The molecule has 0 saturated heterocycles. The van der Waals surface area contributed by atoms with Crippen LogP contribution in [0.15, 0.2) is 29.4 Å². The van der Waals surface area contributed by atoms with Crippen molar-refractivity contribution in [2.45, 2.75) is 32.0 Å². The van der Waals surface area contributed by atoms with Gasteiger partial charge in [-0.15, -0.1) is 0 Å². The van der Waals surface area contributed by atoms with Crippen LogP contribution in [-0.4, -0.2) is 70.6 Å². The molecule has 0 aliphatic rings. The van der Waals surface area contributed by atoms with Crippen LogP contribution in [0.25, 0.3) is 0 Å². The Labute approximate surface area is 189 Å². The summed E-state index contributed by atoms with van der Waals surface area (Å²) in [6.07, 6.45) is 0.783. The van der Waals surface area contributed by atoms with E-state index in [1.165, 1.54) is 31.2 Å². The smallest absolute Gasteiger partial charge is 0.373 e. The number of anilines is 1. The van der Waals surface area contributed by atoms with Gasteiger partial charge in [-0.1, -0.05) is 6.07 Å². The summed E-state index contributed by atoms with van der Waals surface area (Å²) in [4.78, 5) is 43.5. The number of hydrogen-bond donors (Lipinski definition) is 2. The lowest BCUT2D eigenvalue weighted by atomic mass is 10.2. The third-order valence-corrected chi connectivity index (χ3v) is 5.26. The van der Waals surface area contributed by atoms with Gasteiger partial charge >= 0.3 is 17.5 Å². The highest BCUT2D eigenvalue weighted by atomic mass is 32.2. The molecule has 2 rings (SSSR count). The molecule has 2 aromatic rings. The summed E-state index contributed by atoms with van der Waals surface area (Å²) in [6.45, 7) is 5.74. The third kappa shape index (κ3) is 6.12. The number of benzene rings is 1. The van der Waals surface area contributed by atoms with Crippen LogP contribution < -0.4 is 10.1 Å². The van der Waals surface area contributed by atoms with Crippen LogP contribution in [0.5, 0.6) is 11.6 Å². The molecule has 1 amide bonds. The van der Waals surface area contributed by atoms with Gasteiger partial charge in [0, 0.05) is 24.9 Å². The van der Waals surface area contributed by atoms with Crippen LogP contribution in [0.1, 0.15) is 31.1 Å². The SMILES string of the molecule is CCN(CC)C(=O)c1cccc(Oc2nc(S(C)(=O)=O)nc(NC(C)C(=O)O)c2[N+](=O)[O-])c1. The highest BCUT2D eigenvalue weighted by molar-refractivity contribution is 7.90. The van der Waals surface area contributed by atoms with Crippen molar-refractivity contribution in [1.29, 1.82) is 0 Å². The van der Waals surface area contributed by atoms with Crippen molar-refractivity contribution < 1.29 is 32.8 Å². The second kappa shape index (κ2) is 10.2. The van der Waals surface area contributed by atoms with Crippen LogP contribution in [-0.2, 0) is 14.6 Å². The van der Waals surface area contributed by atoms with Crippen molar-refractivity contribution >= 4 is 33.2 Å². The van der Waals surface area contributed by atoms with Crippen molar-refractivity contribution in [2.75, 3.05) is 24.7 Å². The minimum Gasteiger partial charge on any atom is -0.480 e. The lowest BCUT2D eigenvalue weighted by molar-refractivity contribution is -0.385. The molecule has 13 nitrogen and oxygen atoms in total. The Kier molecular flexibility index (Phi) is 7.87. The number of ether oxygens (including phenoxy) is 1. The first-order valence-corrected chi connectivity index (χ1v) is 11.6. The molecule has 1 atom stereocenters. The van der Waals surface area contributed by atoms with E-state index in [1.54, 1.807) is 4.90 Å². The van der Waals surface area contributed by atoms with Crippen molar-refractivity contribution in [1.82, 2.24) is 14.9 Å². The zero-order chi connectivity index (χ0) is 24.9. The molecule has 0 saturated carbocycles. The number of amides is 1. The normalized spacial score (nSPS) is 12.0. The standard InChI is InChI=1S/C19H23N5O8S/c1-5-23(6-2)17(25)12-8-7-9-13(10-12)32-16-14(24(28)29)15(20-11(3)18(26)27)21-19(22-16)33(4,30)31/h7-11H,5-6H2,1-4H3,(H,26,27)(H,20,21,22). The highest BCUT2D eigenvalue weighted by Gasteiger charge is 2.31. The van der Waals surface area contributed by atoms with E-state index in [2.05, 4.69) is 15.3 Å². The zero-order valence-electron chi connectivity index (χ0n) is 18.3. The molecule has 1 aromatic heterocycles. The van der Waals surface area contributed by atoms with Gasteiger partial charge in [0.25, 0.3) is 11.1 Å². The fourth-order valence-electron chi connectivity index (χ4n) is 2.68. The number of carbonyl (C=O) groups is 2. The van der Waals surface area contributed by atoms with Crippen molar-refractivity contribution in [3.05, 3.63) is 39.9 Å². The van der Waals surface area contributed by atoms with Gasteiger partial charge in [0.05, 0.1) is 4.92 Å². The topological polar surface area (TPSA) is 182 Å². The van der Waals surface area contributed by atoms with E-state index >= 15 is 0 Å². The number of carboxylic acids is 1. The predicted molar refractivity (Wildman–Crippen MR) is 116 cm³/mol. The first kappa shape index (κ1) is 25.5. The summed E-state index contributed by atoms with van der Waals surface area (Å²) in [5.41, 5.74) is -0.620. The molecule has 14 heteroatoms. The summed E-state index contributed by atoms with van der Waals surface area (Å²) in [5, 5.41) is 22.3. The number of nitrogens with one attached hydrogen (secondary N) is 1. The first-order valence-electron chi connectivity index (χ1n) is 9.72. The summed E-state index contributed by atoms with van der Waals surface area (Å²) >= 11 is 0. The average Bonchev–Trinajstić information content (AvgIpc) is 2.73. The summed E-state index contributed by atoms with van der Waals surface area (Å²) in [5.74, 6) is -3.05. The van der Waals surface area contributed by atoms with Gasteiger partial charge in [-0.2, -0.15) is 9.97 Å². The second-order valence-corrected chi connectivity index (χ2v) is 8.76.